The predicted molar refractivity (Wildman–Crippen MR) is 69.4 cm³/mol. The van der Waals surface area contributed by atoms with Crippen molar-refractivity contribution in [2.45, 2.75) is 46.6 Å². The summed E-state index contributed by atoms with van der Waals surface area (Å²) in [6.45, 7) is 11.1. The number of nitrogens with one attached hydrogen (secondary N) is 1. The largest absolute Gasteiger partial charge is 0.342 e. The summed E-state index contributed by atoms with van der Waals surface area (Å²) in [6.07, 6.45) is 2.34. The molecular formula is C13H28N2O. The monoisotopic (exact) mass is 228 g/mol. The Kier molecular flexibility index (Phi) is 5.26. The topological polar surface area (TPSA) is 32.3 Å². The highest BCUT2D eigenvalue weighted by molar-refractivity contribution is 5.78. The first kappa shape index (κ1) is 13.5. The molecule has 0 aromatic heterocycles. The summed E-state index contributed by atoms with van der Waals surface area (Å²) in [5.41, 5.74) is 0. The Morgan fingerprint density at radius 1 is 1.31 bits per heavy atom. The van der Waals surface area contributed by atoms with Crippen LogP contribution < -0.4 is 5.32 Å². The van der Waals surface area contributed by atoms with Crippen LogP contribution in [0.4, 0.5) is 0 Å². The van der Waals surface area contributed by atoms with E-state index in [1.165, 1.54) is 12.8 Å². The van der Waals surface area contributed by atoms with E-state index in [4.69, 9.17) is 0 Å². The zero-order valence-electron chi connectivity index (χ0n) is 11.1. The number of hydrogen-bond donors (Lipinski definition) is 1. The van der Waals surface area contributed by atoms with Gasteiger partial charge in [0, 0.05) is 20.6 Å². The average Bonchev–Trinajstić information content (AvgIpc) is 2.26. The van der Waals surface area contributed by atoms with Crippen LogP contribution in [0.3, 0.4) is 0 Å². The van der Waals surface area contributed by atoms with E-state index in [-0.39, 0.29) is 7.33 Å². The number of rotatable bonds is 4. The van der Waals surface area contributed by atoms with Crippen LogP contribution in [0.5, 0.6) is 0 Å². The van der Waals surface area contributed by atoms with Gasteiger partial charge in [-0.25, -0.2) is 0 Å². The fraction of sp³-hybridized carbons (Fsp3) is 0.923. The standard InChI is InChI=1S/C13H26N2O.H2/c1-10(2)12-5-7-15(8-6-12)13(16)9-14-11(3)4;/h10-12,14H,5-9H2,1-4H3;1H. The van der Waals surface area contributed by atoms with Crippen LogP contribution in [-0.4, -0.2) is 36.5 Å². The molecule has 1 fully saturated rings. The second-order valence-corrected chi connectivity index (χ2v) is 5.50. The molecule has 0 aromatic carbocycles. The van der Waals surface area contributed by atoms with Gasteiger partial charge in [0.15, 0.2) is 0 Å². The van der Waals surface area contributed by atoms with Crippen LogP contribution in [0.15, 0.2) is 0 Å². The summed E-state index contributed by atoms with van der Waals surface area (Å²) >= 11 is 0. The maximum Gasteiger partial charge on any atom is 0.236 e. The van der Waals surface area contributed by atoms with Crippen molar-refractivity contribution in [1.82, 2.24) is 10.2 Å². The number of amides is 1. The third kappa shape index (κ3) is 4.12. The Labute approximate surface area is 101 Å². The Balaban J connectivity index is 0.00000256. The van der Waals surface area contributed by atoms with Gasteiger partial charge in [0.05, 0.1) is 6.54 Å². The minimum Gasteiger partial charge on any atom is -0.342 e. The van der Waals surface area contributed by atoms with E-state index >= 15 is 0 Å². The van der Waals surface area contributed by atoms with E-state index in [9.17, 15) is 4.79 Å². The zero-order valence-corrected chi connectivity index (χ0v) is 11.1. The molecule has 0 aromatic rings. The van der Waals surface area contributed by atoms with Gasteiger partial charge >= 0.3 is 0 Å². The summed E-state index contributed by atoms with van der Waals surface area (Å²) in [4.78, 5) is 13.9. The number of carbonyl (C=O) groups is 1. The van der Waals surface area contributed by atoms with Crippen molar-refractivity contribution in [2.75, 3.05) is 19.6 Å². The van der Waals surface area contributed by atoms with E-state index in [0.29, 0.717) is 12.6 Å². The minimum atomic E-state index is 0. The van der Waals surface area contributed by atoms with Gasteiger partial charge in [0.25, 0.3) is 0 Å². The summed E-state index contributed by atoms with van der Waals surface area (Å²) in [5, 5.41) is 3.19. The molecule has 0 aliphatic carbocycles. The molecule has 96 valence electrons. The summed E-state index contributed by atoms with van der Waals surface area (Å²) < 4.78 is 0. The number of likely N-dealkylation sites (tertiary alicyclic amines) is 1. The molecule has 16 heavy (non-hydrogen) atoms. The van der Waals surface area contributed by atoms with Crippen LogP contribution in [0.1, 0.15) is 42.0 Å². The Bertz CT molecular complexity index is 223. The molecule has 3 nitrogen and oxygen atoms in total. The van der Waals surface area contributed by atoms with Gasteiger partial charge in [0.2, 0.25) is 5.91 Å². The molecule has 3 heteroatoms. The molecule has 1 saturated heterocycles. The lowest BCUT2D eigenvalue weighted by Crippen LogP contribution is -2.44. The summed E-state index contributed by atoms with van der Waals surface area (Å²) in [6, 6.07) is 0.386. The summed E-state index contributed by atoms with van der Waals surface area (Å²) in [5.74, 6) is 1.82. The first-order valence-corrected chi connectivity index (χ1v) is 6.52. The Morgan fingerprint density at radius 3 is 2.31 bits per heavy atom. The first-order chi connectivity index (χ1) is 7.50. The lowest BCUT2D eigenvalue weighted by molar-refractivity contribution is -0.131. The molecule has 0 spiro atoms. The molecule has 0 atom stereocenters. The van der Waals surface area contributed by atoms with Gasteiger partial charge in [-0.15, -0.1) is 0 Å². The molecule has 1 N–H and O–H groups in total. The Hall–Kier alpha value is -0.570. The van der Waals surface area contributed by atoms with Gasteiger partial charge in [-0.2, -0.15) is 0 Å². The van der Waals surface area contributed by atoms with E-state index < -0.39 is 0 Å². The first-order valence-electron chi connectivity index (χ1n) is 6.52. The Morgan fingerprint density at radius 2 is 1.88 bits per heavy atom. The van der Waals surface area contributed by atoms with Crippen LogP contribution >= 0.6 is 0 Å². The van der Waals surface area contributed by atoms with E-state index in [1.54, 1.807) is 0 Å². The van der Waals surface area contributed by atoms with Gasteiger partial charge in [0.1, 0.15) is 0 Å². The van der Waals surface area contributed by atoms with E-state index in [1.807, 2.05) is 4.90 Å². The highest BCUT2D eigenvalue weighted by Crippen LogP contribution is 2.24. The van der Waals surface area contributed by atoms with E-state index in [0.717, 1.165) is 24.9 Å². The number of piperidine rings is 1. The highest BCUT2D eigenvalue weighted by Gasteiger charge is 2.24. The highest BCUT2D eigenvalue weighted by atomic mass is 16.2. The molecular weight excluding hydrogens is 200 g/mol. The molecule has 0 radical (unpaired) electrons. The smallest absolute Gasteiger partial charge is 0.236 e. The lowest BCUT2D eigenvalue weighted by atomic mass is 9.87. The SMILES string of the molecule is CC(C)NCC(=O)N1CCC(C(C)C)CC1.[HH]. The fourth-order valence-electron chi connectivity index (χ4n) is 2.22. The molecule has 1 aliphatic heterocycles. The second-order valence-electron chi connectivity index (χ2n) is 5.50. The van der Waals surface area contributed by atoms with Crippen LogP contribution in [0, 0.1) is 11.8 Å². The van der Waals surface area contributed by atoms with Gasteiger partial charge in [-0.05, 0) is 24.7 Å². The summed E-state index contributed by atoms with van der Waals surface area (Å²) in [7, 11) is 0. The fourth-order valence-corrected chi connectivity index (χ4v) is 2.22. The molecule has 1 aliphatic rings. The molecule has 1 amide bonds. The third-order valence-corrected chi connectivity index (χ3v) is 3.50. The molecule has 1 heterocycles. The molecule has 0 saturated carbocycles. The maximum atomic E-state index is 11.8. The molecule has 0 bridgehead atoms. The zero-order chi connectivity index (χ0) is 12.1. The lowest BCUT2D eigenvalue weighted by Gasteiger charge is -2.34. The van der Waals surface area contributed by atoms with Crippen LogP contribution in [-0.2, 0) is 4.79 Å². The van der Waals surface area contributed by atoms with Gasteiger partial charge < -0.3 is 10.2 Å². The van der Waals surface area contributed by atoms with Crippen LogP contribution in [0.2, 0.25) is 0 Å². The minimum absolute atomic E-state index is 0. The van der Waals surface area contributed by atoms with Gasteiger partial charge in [-0.3, -0.25) is 4.79 Å². The normalized spacial score (nSPS) is 18.5. The molecule has 1 rings (SSSR count). The maximum absolute atomic E-state index is 11.8. The third-order valence-electron chi connectivity index (χ3n) is 3.50. The number of carbonyl (C=O) groups excluding carboxylic acids is 1. The number of hydrogen-bond acceptors (Lipinski definition) is 2. The van der Waals surface area contributed by atoms with Crippen molar-refractivity contribution in [3.8, 4) is 0 Å². The number of nitrogens with zero attached hydrogens (tertiary/aromatic N) is 1. The van der Waals surface area contributed by atoms with Crippen molar-refractivity contribution in [1.29, 1.82) is 0 Å². The van der Waals surface area contributed by atoms with Crippen molar-refractivity contribution in [3.05, 3.63) is 0 Å². The second kappa shape index (κ2) is 6.24. The van der Waals surface area contributed by atoms with Crippen LogP contribution in [0.25, 0.3) is 0 Å². The quantitative estimate of drug-likeness (QED) is 0.799. The van der Waals surface area contributed by atoms with E-state index in [2.05, 4.69) is 33.0 Å². The van der Waals surface area contributed by atoms with Crippen molar-refractivity contribution < 1.29 is 6.22 Å². The van der Waals surface area contributed by atoms with Gasteiger partial charge in [-0.1, -0.05) is 27.7 Å². The van der Waals surface area contributed by atoms with Crippen molar-refractivity contribution in [3.63, 3.8) is 0 Å². The predicted octanol–water partition coefficient (Wildman–Crippen LogP) is 2.12. The molecule has 0 unspecified atom stereocenters. The van der Waals surface area contributed by atoms with Crippen molar-refractivity contribution >= 4 is 5.91 Å². The average molecular weight is 228 g/mol. The van der Waals surface area contributed by atoms with Crippen molar-refractivity contribution in [2.24, 2.45) is 11.8 Å².